The monoisotopic (exact) mass is 377 g/mol. The molecule has 1 aromatic rings. The first-order valence-electron chi connectivity index (χ1n) is 8.39. The number of aryl methyl sites for hydroxylation is 1. The van der Waals surface area contributed by atoms with Crippen LogP contribution < -0.4 is 10.1 Å². The number of nitrogens with zero attached hydrogens (tertiary/aromatic N) is 2. The summed E-state index contributed by atoms with van der Waals surface area (Å²) in [5, 5.41) is 19.0. The second kappa shape index (κ2) is 8.84. The number of carboxylic acid groups (broad SMARTS) is 1. The number of rotatable bonds is 7. The first-order valence-corrected chi connectivity index (χ1v) is 9.27. The molecule has 0 bridgehead atoms. The molecule has 2 rings (SSSR count). The molecule has 1 atom stereocenters. The maximum atomic E-state index is 11.7. The normalized spacial score (nSPS) is 18.7. The Kier molecular flexibility index (Phi) is 6.79. The average Bonchev–Trinajstić information content (AvgIpc) is 2.88. The number of carbonyl (C=O) groups excluding carboxylic acids is 1. The fraction of sp³-hybridized carbons (Fsp3) is 0.444. The van der Waals surface area contributed by atoms with Gasteiger partial charge in [-0.3, -0.25) is 9.59 Å². The summed E-state index contributed by atoms with van der Waals surface area (Å²) in [5.74, 6) is -0.199. The van der Waals surface area contributed by atoms with Crippen molar-refractivity contribution >= 4 is 35.0 Å². The molecule has 1 unspecified atom stereocenters. The number of hydrogen-bond donors (Lipinski definition) is 2. The van der Waals surface area contributed by atoms with Crippen LogP contribution in [-0.2, 0) is 9.59 Å². The Morgan fingerprint density at radius 3 is 2.81 bits per heavy atom. The van der Waals surface area contributed by atoms with Crippen molar-refractivity contribution in [1.82, 2.24) is 5.32 Å². The van der Waals surface area contributed by atoms with Crippen molar-refractivity contribution in [2.75, 3.05) is 6.61 Å². The van der Waals surface area contributed by atoms with E-state index in [0.717, 1.165) is 34.2 Å². The van der Waals surface area contributed by atoms with E-state index in [1.165, 1.54) is 0 Å². The van der Waals surface area contributed by atoms with Crippen LogP contribution in [0.5, 0.6) is 5.75 Å². The molecule has 0 aromatic heterocycles. The molecule has 26 heavy (non-hydrogen) atoms. The quantitative estimate of drug-likeness (QED) is 0.562. The van der Waals surface area contributed by atoms with Crippen molar-refractivity contribution < 1.29 is 19.4 Å². The zero-order valence-corrected chi connectivity index (χ0v) is 16.1. The van der Waals surface area contributed by atoms with Gasteiger partial charge in [0.25, 0.3) is 0 Å². The number of thioether (sulfide) groups is 1. The van der Waals surface area contributed by atoms with E-state index in [0.29, 0.717) is 17.7 Å². The minimum absolute atomic E-state index is 0.241. The topological polar surface area (TPSA) is 100 Å². The largest absolute Gasteiger partial charge is 0.494 e. The summed E-state index contributed by atoms with van der Waals surface area (Å²) in [7, 11) is 0. The van der Waals surface area contributed by atoms with E-state index in [-0.39, 0.29) is 12.3 Å². The van der Waals surface area contributed by atoms with Crippen molar-refractivity contribution in [3.63, 3.8) is 0 Å². The molecule has 1 aromatic carbocycles. The van der Waals surface area contributed by atoms with E-state index in [1.807, 2.05) is 26.0 Å². The number of aliphatic carboxylic acids is 1. The van der Waals surface area contributed by atoms with E-state index < -0.39 is 11.2 Å². The van der Waals surface area contributed by atoms with Crippen molar-refractivity contribution in [2.24, 2.45) is 10.2 Å². The molecule has 140 valence electrons. The van der Waals surface area contributed by atoms with Crippen LogP contribution in [-0.4, -0.2) is 40.2 Å². The van der Waals surface area contributed by atoms with Crippen LogP contribution in [0.1, 0.15) is 49.8 Å². The van der Waals surface area contributed by atoms with Gasteiger partial charge in [0.2, 0.25) is 5.91 Å². The fourth-order valence-electron chi connectivity index (χ4n) is 2.48. The second-order valence-corrected chi connectivity index (χ2v) is 7.37. The Hall–Kier alpha value is -2.35. The maximum Gasteiger partial charge on any atom is 0.305 e. The zero-order valence-electron chi connectivity index (χ0n) is 15.3. The number of amidine groups is 1. The third kappa shape index (κ3) is 5.08. The van der Waals surface area contributed by atoms with Gasteiger partial charge in [0.1, 0.15) is 11.0 Å². The number of amides is 1. The lowest BCUT2D eigenvalue weighted by molar-refractivity contribution is -0.138. The molecule has 1 aliphatic rings. The summed E-state index contributed by atoms with van der Waals surface area (Å²) in [6, 6.07) is 4.02. The van der Waals surface area contributed by atoms with Gasteiger partial charge in [0.15, 0.2) is 5.17 Å². The predicted molar refractivity (Wildman–Crippen MR) is 103 cm³/mol. The molecular weight excluding hydrogens is 354 g/mol. The first kappa shape index (κ1) is 20.0. The van der Waals surface area contributed by atoms with Crippen LogP contribution in [0.3, 0.4) is 0 Å². The van der Waals surface area contributed by atoms with E-state index in [1.54, 1.807) is 6.21 Å². The summed E-state index contributed by atoms with van der Waals surface area (Å²) >= 11 is 1.08. The van der Waals surface area contributed by atoms with Gasteiger partial charge >= 0.3 is 5.97 Å². The van der Waals surface area contributed by atoms with E-state index in [9.17, 15) is 9.59 Å². The molecule has 8 heteroatoms. The van der Waals surface area contributed by atoms with Gasteiger partial charge in [0, 0.05) is 0 Å². The lowest BCUT2D eigenvalue weighted by Crippen LogP contribution is -2.26. The number of ether oxygens (including phenoxy) is 1. The number of nitrogens with one attached hydrogen (secondary N) is 1. The number of benzene rings is 1. The Bertz CT molecular complexity index is 759. The van der Waals surface area contributed by atoms with Gasteiger partial charge in [-0.2, -0.15) is 5.10 Å². The summed E-state index contributed by atoms with van der Waals surface area (Å²) in [4.78, 5) is 22.4. The van der Waals surface area contributed by atoms with Gasteiger partial charge in [-0.1, -0.05) is 25.6 Å². The van der Waals surface area contributed by atoms with Crippen molar-refractivity contribution in [3.8, 4) is 5.75 Å². The molecule has 0 saturated carbocycles. The van der Waals surface area contributed by atoms with Gasteiger partial charge in [-0.05, 0) is 48.6 Å². The summed E-state index contributed by atoms with van der Waals surface area (Å²) in [5.41, 5.74) is 3.02. The SMILES string of the molecule is CCOc1cc(C)c(C=NN=C2NC(=O)C(CC(=O)O)S2)cc1C(C)C. The Morgan fingerprint density at radius 2 is 2.19 bits per heavy atom. The molecular formula is C18H23N3O4S. The summed E-state index contributed by atoms with van der Waals surface area (Å²) < 4.78 is 5.70. The molecule has 0 spiro atoms. The van der Waals surface area contributed by atoms with Crippen LogP contribution in [0, 0.1) is 6.92 Å². The summed E-state index contributed by atoms with van der Waals surface area (Å²) in [6.45, 7) is 8.73. The van der Waals surface area contributed by atoms with Gasteiger partial charge < -0.3 is 15.2 Å². The van der Waals surface area contributed by atoms with Gasteiger partial charge in [-0.25, -0.2) is 0 Å². The second-order valence-electron chi connectivity index (χ2n) is 6.18. The molecule has 1 saturated heterocycles. The molecule has 0 radical (unpaired) electrons. The standard InChI is InChI=1S/C18H23N3O4S/c1-5-25-14-6-11(4)12(7-13(14)10(2)3)9-19-21-18-20-17(24)15(26-18)8-16(22)23/h6-7,9-10,15H,5,8H2,1-4H3,(H,22,23)(H,20,21,24). The van der Waals surface area contributed by atoms with E-state index >= 15 is 0 Å². The first-order chi connectivity index (χ1) is 12.3. The highest BCUT2D eigenvalue weighted by Gasteiger charge is 2.32. The number of hydrogen-bond acceptors (Lipinski definition) is 6. The van der Waals surface area contributed by atoms with Crippen molar-refractivity contribution in [1.29, 1.82) is 0 Å². The number of carbonyl (C=O) groups is 2. The molecule has 1 heterocycles. The van der Waals surface area contributed by atoms with Gasteiger partial charge in [0.05, 0.1) is 19.2 Å². The molecule has 7 nitrogen and oxygen atoms in total. The maximum absolute atomic E-state index is 11.7. The lowest BCUT2D eigenvalue weighted by atomic mass is 9.97. The molecule has 1 fully saturated rings. The highest BCUT2D eigenvalue weighted by atomic mass is 32.2. The van der Waals surface area contributed by atoms with E-state index in [2.05, 4.69) is 29.4 Å². The highest BCUT2D eigenvalue weighted by Crippen LogP contribution is 2.29. The molecule has 1 aliphatic heterocycles. The zero-order chi connectivity index (χ0) is 19.3. The predicted octanol–water partition coefficient (Wildman–Crippen LogP) is 2.91. The van der Waals surface area contributed by atoms with Crippen LogP contribution in [0.25, 0.3) is 0 Å². The number of carboxylic acids is 1. The molecule has 1 amide bonds. The Labute approximate surface area is 156 Å². The minimum Gasteiger partial charge on any atom is -0.494 e. The third-order valence-corrected chi connectivity index (χ3v) is 4.87. The fourth-order valence-corrected chi connectivity index (χ4v) is 3.39. The Morgan fingerprint density at radius 1 is 1.46 bits per heavy atom. The van der Waals surface area contributed by atoms with Gasteiger partial charge in [-0.15, -0.1) is 5.10 Å². The Balaban J connectivity index is 2.16. The van der Waals surface area contributed by atoms with Crippen LogP contribution in [0.15, 0.2) is 22.3 Å². The van der Waals surface area contributed by atoms with Crippen molar-refractivity contribution in [2.45, 2.75) is 45.3 Å². The lowest BCUT2D eigenvalue weighted by Gasteiger charge is -2.15. The van der Waals surface area contributed by atoms with Crippen LogP contribution >= 0.6 is 11.8 Å². The van der Waals surface area contributed by atoms with Crippen molar-refractivity contribution in [3.05, 3.63) is 28.8 Å². The van der Waals surface area contributed by atoms with Crippen LogP contribution in [0.2, 0.25) is 0 Å². The third-order valence-electron chi connectivity index (χ3n) is 3.80. The molecule has 0 aliphatic carbocycles. The smallest absolute Gasteiger partial charge is 0.305 e. The minimum atomic E-state index is -1.02. The molecule has 2 N–H and O–H groups in total. The average molecular weight is 377 g/mol. The summed E-state index contributed by atoms with van der Waals surface area (Å²) in [6.07, 6.45) is 1.39. The van der Waals surface area contributed by atoms with Crippen LogP contribution in [0.4, 0.5) is 0 Å². The van der Waals surface area contributed by atoms with E-state index in [4.69, 9.17) is 9.84 Å². The highest BCUT2D eigenvalue weighted by molar-refractivity contribution is 8.15.